The van der Waals surface area contributed by atoms with Gasteiger partial charge in [-0.05, 0) is 18.2 Å². The average molecular weight is 366 g/mol. The van der Waals surface area contributed by atoms with Crippen LogP contribution in [0.2, 0.25) is 10.0 Å². The molecule has 1 amide bonds. The van der Waals surface area contributed by atoms with Crippen molar-refractivity contribution < 1.29 is 4.79 Å². The van der Waals surface area contributed by atoms with Crippen molar-refractivity contribution in [1.29, 1.82) is 5.41 Å². The fourth-order valence-corrected chi connectivity index (χ4v) is 2.09. The summed E-state index contributed by atoms with van der Waals surface area (Å²) >= 11 is 11.9. The van der Waals surface area contributed by atoms with Gasteiger partial charge < -0.3 is 10.6 Å². The third-order valence-corrected chi connectivity index (χ3v) is 4.13. The first-order valence-electron chi connectivity index (χ1n) is 7.14. The van der Waals surface area contributed by atoms with Crippen molar-refractivity contribution in [3.63, 3.8) is 0 Å². The van der Waals surface area contributed by atoms with Crippen LogP contribution in [0, 0.1) is 10.8 Å². The first-order chi connectivity index (χ1) is 11.3. The van der Waals surface area contributed by atoms with Crippen LogP contribution in [0.5, 0.6) is 0 Å². The van der Waals surface area contributed by atoms with E-state index >= 15 is 0 Å². The zero-order valence-corrected chi connectivity index (χ0v) is 14.7. The Labute approximate surface area is 150 Å². The molecule has 0 aliphatic heterocycles. The van der Waals surface area contributed by atoms with Crippen molar-refractivity contribution in [3.05, 3.63) is 52.5 Å². The molecule has 0 atom stereocenters. The third-order valence-electron chi connectivity index (χ3n) is 3.39. The predicted molar refractivity (Wildman–Crippen MR) is 96.0 cm³/mol. The number of nitrogens with one attached hydrogen (secondary N) is 3. The number of halogens is 2. The van der Waals surface area contributed by atoms with Gasteiger partial charge in [0.2, 0.25) is 0 Å². The number of benzene rings is 1. The van der Waals surface area contributed by atoms with Crippen molar-refractivity contribution in [3.8, 4) is 0 Å². The molecule has 0 saturated heterocycles. The molecule has 0 unspecified atom stereocenters. The highest BCUT2D eigenvalue weighted by Crippen LogP contribution is 2.26. The Morgan fingerprint density at radius 2 is 1.88 bits per heavy atom. The molecule has 2 aromatic rings. The van der Waals surface area contributed by atoms with E-state index in [0.29, 0.717) is 22.2 Å². The first kappa shape index (κ1) is 18.2. The summed E-state index contributed by atoms with van der Waals surface area (Å²) in [5.41, 5.74) is 0.473. The number of amides is 1. The number of carbonyl (C=O) groups excluding carboxylic acids is 1. The van der Waals surface area contributed by atoms with Crippen LogP contribution < -0.4 is 10.6 Å². The molecule has 1 aromatic heterocycles. The van der Waals surface area contributed by atoms with Crippen molar-refractivity contribution in [2.75, 3.05) is 11.9 Å². The molecule has 1 heterocycles. The molecular weight excluding hydrogens is 349 g/mol. The van der Waals surface area contributed by atoms with E-state index in [0.717, 1.165) is 5.69 Å². The standard InChI is InChI=1S/C16H17Cl2N5O/c1-16(2,8-22-11-3-4-12(17)13(18)5-11)15(19)23-14(24)10-6-20-9-21-7-10/h3-7,9,22H,8H2,1-2H3,(H2,19,23,24). The Morgan fingerprint density at radius 3 is 2.50 bits per heavy atom. The average Bonchev–Trinajstić information content (AvgIpc) is 2.56. The minimum absolute atomic E-state index is 0.0870. The largest absolute Gasteiger partial charge is 0.384 e. The summed E-state index contributed by atoms with van der Waals surface area (Å²) in [5.74, 6) is -0.327. The molecule has 0 fully saturated rings. The summed E-state index contributed by atoms with van der Waals surface area (Å²) < 4.78 is 0. The number of nitrogens with zero attached hydrogens (tertiary/aromatic N) is 2. The number of hydrogen-bond acceptors (Lipinski definition) is 5. The maximum Gasteiger partial charge on any atom is 0.259 e. The van der Waals surface area contributed by atoms with Crippen LogP contribution in [0.25, 0.3) is 0 Å². The summed E-state index contributed by atoms with van der Waals surface area (Å²) in [7, 11) is 0. The molecule has 6 nitrogen and oxygen atoms in total. The number of carbonyl (C=O) groups is 1. The van der Waals surface area contributed by atoms with Gasteiger partial charge in [0, 0.05) is 30.0 Å². The SMILES string of the molecule is CC(C)(CNc1ccc(Cl)c(Cl)c1)C(=N)NC(=O)c1cncnc1. The maximum atomic E-state index is 12.1. The first-order valence-corrected chi connectivity index (χ1v) is 7.89. The number of hydrogen-bond donors (Lipinski definition) is 3. The lowest BCUT2D eigenvalue weighted by Gasteiger charge is -2.26. The maximum absolute atomic E-state index is 12.1. The monoisotopic (exact) mass is 365 g/mol. The van der Waals surface area contributed by atoms with Crippen LogP contribution in [0.3, 0.4) is 0 Å². The van der Waals surface area contributed by atoms with E-state index in [1.807, 2.05) is 13.8 Å². The molecule has 0 saturated carbocycles. The summed E-state index contributed by atoms with van der Waals surface area (Å²) in [6.07, 6.45) is 4.14. The van der Waals surface area contributed by atoms with Crippen LogP contribution >= 0.6 is 23.2 Å². The Bertz CT molecular complexity index is 749. The van der Waals surface area contributed by atoms with Gasteiger partial charge in [0.25, 0.3) is 5.91 Å². The van der Waals surface area contributed by atoms with Gasteiger partial charge in [0.15, 0.2) is 0 Å². The molecular formula is C16H17Cl2N5O. The smallest absolute Gasteiger partial charge is 0.259 e. The van der Waals surface area contributed by atoms with Crippen molar-refractivity contribution in [2.45, 2.75) is 13.8 Å². The molecule has 24 heavy (non-hydrogen) atoms. The summed E-state index contributed by atoms with van der Waals surface area (Å²) in [4.78, 5) is 19.7. The number of anilines is 1. The number of aromatic nitrogens is 2. The second-order valence-corrected chi connectivity index (χ2v) is 6.64. The highest BCUT2D eigenvalue weighted by molar-refractivity contribution is 6.42. The molecule has 2 rings (SSSR count). The van der Waals surface area contributed by atoms with E-state index in [1.54, 1.807) is 18.2 Å². The summed E-state index contributed by atoms with van der Waals surface area (Å²) in [6.45, 7) is 4.12. The van der Waals surface area contributed by atoms with Crippen molar-refractivity contribution in [1.82, 2.24) is 15.3 Å². The molecule has 0 spiro atoms. The van der Waals surface area contributed by atoms with Gasteiger partial charge in [-0.2, -0.15) is 0 Å². The van der Waals surface area contributed by atoms with E-state index in [2.05, 4.69) is 20.6 Å². The van der Waals surface area contributed by atoms with Crippen molar-refractivity contribution >= 4 is 40.6 Å². The van der Waals surface area contributed by atoms with Gasteiger partial charge in [-0.3, -0.25) is 10.2 Å². The number of rotatable bonds is 5. The van der Waals surface area contributed by atoms with Crippen LogP contribution in [0.4, 0.5) is 5.69 Å². The Balaban J connectivity index is 1.97. The van der Waals surface area contributed by atoms with Gasteiger partial charge in [0.1, 0.15) is 12.2 Å². The van der Waals surface area contributed by atoms with Gasteiger partial charge in [0.05, 0.1) is 15.6 Å². The second-order valence-electron chi connectivity index (χ2n) is 5.82. The van der Waals surface area contributed by atoms with E-state index < -0.39 is 11.3 Å². The molecule has 3 N–H and O–H groups in total. The second kappa shape index (κ2) is 7.59. The van der Waals surface area contributed by atoms with Crippen LogP contribution in [0.15, 0.2) is 36.9 Å². The molecule has 0 aliphatic carbocycles. The quantitative estimate of drug-likeness (QED) is 0.557. The third kappa shape index (κ3) is 4.66. The molecule has 0 bridgehead atoms. The Hall–Kier alpha value is -2.18. The predicted octanol–water partition coefficient (Wildman–Crippen LogP) is 3.63. The van der Waals surface area contributed by atoms with E-state index in [4.69, 9.17) is 28.6 Å². The Kier molecular flexibility index (Phi) is 5.75. The highest BCUT2D eigenvalue weighted by Gasteiger charge is 2.26. The summed E-state index contributed by atoms with van der Waals surface area (Å²) in [6, 6.07) is 5.21. The fraction of sp³-hybridized carbons (Fsp3) is 0.250. The zero-order chi connectivity index (χ0) is 17.7. The van der Waals surface area contributed by atoms with Gasteiger partial charge >= 0.3 is 0 Å². The minimum Gasteiger partial charge on any atom is -0.384 e. The van der Waals surface area contributed by atoms with Crippen LogP contribution in [0.1, 0.15) is 24.2 Å². The van der Waals surface area contributed by atoms with Gasteiger partial charge in [-0.25, -0.2) is 9.97 Å². The van der Waals surface area contributed by atoms with Crippen LogP contribution in [-0.2, 0) is 0 Å². The number of amidine groups is 1. The van der Waals surface area contributed by atoms with Gasteiger partial charge in [-0.15, -0.1) is 0 Å². The van der Waals surface area contributed by atoms with E-state index in [9.17, 15) is 4.79 Å². The van der Waals surface area contributed by atoms with Gasteiger partial charge in [-0.1, -0.05) is 37.0 Å². The fourth-order valence-electron chi connectivity index (χ4n) is 1.79. The topological polar surface area (TPSA) is 90.8 Å². The highest BCUT2D eigenvalue weighted by atomic mass is 35.5. The lowest BCUT2D eigenvalue weighted by Crippen LogP contribution is -2.43. The normalized spacial score (nSPS) is 11.0. The van der Waals surface area contributed by atoms with E-state index in [1.165, 1.54) is 18.7 Å². The van der Waals surface area contributed by atoms with E-state index in [-0.39, 0.29) is 5.84 Å². The summed E-state index contributed by atoms with van der Waals surface area (Å²) in [5, 5.41) is 14.8. The zero-order valence-electron chi connectivity index (χ0n) is 13.2. The molecule has 0 aliphatic rings. The molecule has 1 aromatic carbocycles. The Morgan fingerprint density at radius 1 is 1.21 bits per heavy atom. The van der Waals surface area contributed by atoms with Crippen molar-refractivity contribution in [2.24, 2.45) is 5.41 Å². The molecule has 126 valence electrons. The minimum atomic E-state index is -0.614. The lowest BCUT2D eigenvalue weighted by molar-refractivity contribution is 0.0972. The lowest BCUT2D eigenvalue weighted by atomic mass is 9.91. The van der Waals surface area contributed by atoms with Crippen LogP contribution in [-0.4, -0.2) is 28.3 Å². The molecule has 8 heteroatoms. The molecule has 0 radical (unpaired) electrons.